The Hall–Kier alpha value is -3.98. The van der Waals surface area contributed by atoms with Gasteiger partial charge in [-0.2, -0.15) is 0 Å². The molecule has 0 saturated carbocycles. The molecule has 0 amide bonds. The molecule has 3 aromatic rings. The summed E-state index contributed by atoms with van der Waals surface area (Å²) in [5.41, 5.74) is 11.1. The van der Waals surface area contributed by atoms with Gasteiger partial charge in [-0.25, -0.2) is 0 Å². The molecule has 2 unspecified atom stereocenters. The fourth-order valence-corrected chi connectivity index (χ4v) is 6.77. The SMILES string of the molecule is CC(C)=CCCC(C)CCC(C)(C)C.COc1cc(/C=C/C(=C/C(/C=C/c2ccc(O)c(OC)c2)C(C)(C)C)C(C)(C)C)ccc1C.Cc1ccc(C(C)C)cc1C(C)(C)C. The summed E-state index contributed by atoms with van der Waals surface area (Å²) < 4.78 is 10.7. The van der Waals surface area contributed by atoms with Crippen molar-refractivity contribution in [2.45, 2.75) is 169 Å². The van der Waals surface area contributed by atoms with Gasteiger partial charge in [-0.3, -0.25) is 0 Å². The first kappa shape index (κ1) is 55.0. The van der Waals surface area contributed by atoms with Gasteiger partial charge in [-0.15, -0.1) is 0 Å². The molecule has 61 heavy (non-hydrogen) atoms. The topological polar surface area (TPSA) is 38.7 Å². The Morgan fingerprint density at radius 1 is 0.689 bits per heavy atom. The van der Waals surface area contributed by atoms with E-state index in [9.17, 15) is 5.11 Å². The fourth-order valence-electron chi connectivity index (χ4n) is 6.77. The van der Waals surface area contributed by atoms with Gasteiger partial charge in [0.25, 0.3) is 0 Å². The lowest BCUT2D eigenvalue weighted by Crippen LogP contribution is -2.19. The standard InChI is InChI=1S/C30H40O3.C14H22.C14H28/c1-21-10-11-22(18-27(21)32-8)12-15-24(29(2,3)4)20-25(30(5,6)7)16-13-23-14-17-26(31)28(19-23)33-9;1-10(2)12-8-7-11(3)13(9-12)14(4,5)6;1-12(2)8-7-9-13(3)10-11-14(4,5)6/h10-20,25,31H,1-9H3;7-10H,1-6H3;8,13H,7,9-11H2,1-6H3/b15-12+,16-13+,24-20-;;. The quantitative estimate of drug-likeness (QED) is 0.138. The van der Waals surface area contributed by atoms with Crippen LogP contribution in [0.4, 0.5) is 0 Å². The van der Waals surface area contributed by atoms with Crippen molar-refractivity contribution in [2.24, 2.45) is 28.1 Å². The van der Waals surface area contributed by atoms with Gasteiger partial charge < -0.3 is 14.6 Å². The third-order valence-electron chi connectivity index (χ3n) is 11.1. The summed E-state index contributed by atoms with van der Waals surface area (Å²) in [6, 6.07) is 18.5. The zero-order valence-corrected chi connectivity index (χ0v) is 43.0. The highest BCUT2D eigenvalue weighted by atomic mass is 16.5. The van der Waals surface area contributed by atoms with Gasteiger partial charge in [0.15, 0.2) is 11.5 Å². The van der Waals surface area contributed by atoms with Crippen molar-refractivity contribution in [3.63, 3.8) is 0 Å². The fraction of sp³-hybridized carbons (Fsp3) is 0.552. The van der Waals surface area contributed by atoms with E-state index in [1.807, 2.05) is 12.1 Å². The van der Waals surface area contributed by atoms with Crippen molar-refractivity contribution in [3.05, 3.63) is 123 Å². The molecule has 0 spiro atoms. The molecule has 0 aliphatic rings. The van der Waals surface area contributed by atoms with E-state index in [-0.39, 0.29) is 27.9 Å². The first-order chi connectivity index (χ1) is 28.0. The lowest BCUT2D eigenvalue weighted by Gasteiger charge is -2.29. The second-order valence-electron chi connectivity index (χ2n) is 22.2. The number of methoxy groups -OCH3 is 2. The highest BCUT2D eigenvalue weighted by Crippen LogP contribution is 2.36. The normalized spacial score (nSPS) is 13.6. The molecule has 3 rings (SSSR count). The average Bonchev–Trinajstić information content (AvgIpc) is 3.13. The molecule has 0 fully saturated rings. The van der Waals surface area contributed by atoms with Gasteiger partial charge in [-0.1, -0.05) is 189 Å². The summed E-state index contributed by atoms with van der Waals surface area (Å²) in [4.78, 5) is 0. The van der Waals surface area contributed by atoms with E-state index < -0.39 is 0 Å². The van der Waals surface area contributed by atoms with Crippen LogP contribution in [0.1, 0.15) is 183 Å². The largest absolute Gasteiger partial charge is 0.504 e. The first-order valence-electron chi connectivity index (χ1n) is 22.8. The second kappa shape index (κ2) is 24.6. The van der Waals surface area contributed by atoms with Crippen LogP contribution in [0.2, 0.25) is 0 Å². The number of allylic oxidation sites excluding steroid dienone is 6. The van der Waals surface area contributed by atoms with Crippen molar-refractivity contribution < 1.29 is 14.6 Å². The Morgan fingerprint density at radius 3 is 1.75 bits per heavy atom. The van der Waals surface area contributed by atoms with E-state index in [1.165, 1.54) is 53.5 Å². The highest BCUT2D eigenvalue weighted by Gasteiger charge is 2.24. The molecular weight excluding hydrogens is 745 g/mol. The molecule has 0 heterocycles. The monoisotopic (exact) mass is 835 g/mol. The van der Waals surface area contributed by atoms with Crippen molar-refractivity contribution in [3.8, 4) is 17.2 Å². The molecule has 1 N–H and O–H groups in total. The number of hydrogen-bond donors (Lipinski definition) is 1. The third-order valence-corrected chi connectivity index (χ3v) is 11.1. The minimum atomic E-state index is -0.00954. The number of rotatable bonds is 13. The van der Waals surface area contributed by atoms with E-state index in [0.717, 1.165) is 28.4 Å². The van der Waals surface area contributed by atoms with Crippen LogP contribution in [-0.4, -0.2) is 19.3 Å². The van der Waals surface area contributed by atoms with E-state index in [2.05, 4.69) is 204 Å². The summed E-state index contributed by atoms with van der Waals surface area (Å²) in [7, 11) is 3.27. The molecule has 0 radical (unpaired) electrons. The molecule has 340 valence electrons. The van der Waals surface area contributed by atoms with Crippen LogP contribution in [0.5, 0.6) is 17.2 Å². The molecule has 2 atom stereocenters. The van der Waals surface area contributed by atoms with E-state index in [4.69, 9.17) is 9.47 Å². The molecule has 0 saturated heterocycles. The number of phenols is 1. The van der Waals surface area contributed by atoms with Gasteiger partial charge >= 0.3 is 0 Å². The summed E-state index contributed by atoms with van der Waals surface area (Å²) in [6.07, 6.45) is 18.8. The summed E-state index contributed by atoms with van der Waals surface area (Å²) in [6.45, 7) is 42.8. The summed E-state index contributed by atoms with van der Waals surface area (Å²) >= 11 is 0. The lowest BCUT2D eigenvalue weighted by atomic mass is 9.76. The number of aromatic hydroxyl groups is 1. The second-order valence-corrected chi connectivity index (χ2v) is 22.2. The maximum atomic E-state index is 9.88. The summed E-state index contributed by atoms with van der Waals surface area (Å²) in [5, 5.41) is 9.88. The van der Waals surface area contributed by atoms with Crippen LogP contribution in [-0.2, 0) is 5.41 Å². The molecular formula is C58H90O3. The van der Waals surface area contributed by atoms with Crippen molar-refractivity contribution in [2.75, 3.05) is 14.2 Å². The van der Waals surface area contributed by atoms with Crippen molar-refractivity contribution in [1.82, 2.24) is 0 Å². The smallest absolute Gasteiger partial charge is 0.161 e. The van der Waals surface area contributed by atoms with Crippen LogP contribution in [0.25, 0.3) is 12.2 Å². The van der Waals surface area contributed by atoms with Crippen molar-refractivity contribution >= 4 is 12.2 Å². The zero-order chi connectivity index (χ0) is 46.9. The van der Waals surface area contributed by atoms with E-state index in [1.54, 1.807) is 20.3 Å². The molecule has 0 aliphatic carbocycles. The Bertz CT molecular complexity index is 1880. The minimum absolute atomic E-state index is 0.00954. The van der Waals surface area contributed by atoms with Gasteiger partial charge in [-0.05, 0) is 138 Å². The van der Waals surface area contributed by atoms with Gasteiger partial charge in [0.05, 0.1) is 14.2 Å². The Labute approximate surface area is 376 Å². The van der Waals surface area contributed by atoms with Gasteiger partial charge in [0.2, 0.25) is 0 Å². The minimum Gasteiger partial charge on any atom is -0.504 e. The summed E-state index contributed by atoms with van der Waals surface area (Å²) in [5.74, 6) is 3.24. The lowest BCUT2D eigenvalue weighted by molar-refractivity contribution is 0.324. The maximum Gasteiger partial charge on any atom is 0.161 e. The van der Waals surface area contributed by atoms with Crippen LogP contribution in [0, 0.1) is 41.9 Å². The molecule has 0 aliphatic heterocycles. The van der Waals surface area contributed by atoms with Crippen LogP contribution < -0.4 is 9.47 Å². The maximum absolute atomic E-state index is 9.88. The third kappa shape index (κ3) is 21.6. The van der Waals surface area contributed by atoms with Gasteiger partial charge in [0, 0.05) is 5.92 Å². The molecule has 3 aromatic carbocycles. The van der Waals surface area contributed by atoms with Crippen LogP contribution >= 0.6 is 0 Å². The molecule has 3 nitrogen and oxygen atoms in total. The molecule has 0 aromatic heterocycles. The average molecular weight is 835 g/mol. The number of benzene rings is 3. The Balaban J connectivity index is 0.000000546. The Kier molecular flexibility index (Phi) is 22.2. The first-order valence-corrected chi connectivity index (χ1v) is 22.8. The number of ether oxygens (including phenoxy) is 2. The van der Waals surface area contributed by atoms with Crippen molar-refractivity contribution in [1.29, 1.82) is 0 Å². The van der Waals surface area contributed by atoms with E-state index in [0.29, 0.717) is 17.1 Å². The Morgan fingerprint density at radius 2 is 1.25 bits per heavy atom. The zero-order valence-electron chi connectivity index (χ0n) is 43.0. The van der Waals surface area contributed by atoms with Gasteiger partial charge in [0.1, 0.15) is 5.75 Å². The van der Waals surface area contributed by atoms with E-state index >= 15 is 0 Å². The van der Waals surface area contributed by atoms with Crippen LogP contribution in [0.3, 0.4) is 0 Å². The molecule has 0 bridgehead atoms. The van der Waals surface area contributed by atoms with Crippen LogP contribution in [0.15, 0.2) is 90.0 Å². The molecule has 3 heteroatoms. The number of hydrogen-bond acceptors (Lipinski definition) is 3. The number of aryl methyl sites for hydroxylation is 2. The predicted molar refractivity (Wildman–Crippen MR) is 271 cm³/mol. The predicted octanol–water partition coefficient (Wildman–Crippen LogP) is 17.7. The highest BCUT2D eigenvalue weighted by molar-refractivity contribution is 5.58. The number of phenolic OH excluding ortho intramolecular Hbond substituents is 1.